The molecule has 0 unspecified atom stereocenters. The number of aromatic nitrogens is 4. The van der Waals surface area contributed by atoms with Gasteiger partial charge >= 0.3 is 0 Å². The smallest absolute Gasteiger partial charge is 0.254 e. The molecule has 0 aliphatic carbocycles. The lowest BCUT2D eigenvalue weighted by Crippen LogP contribution is -2.36. The first-order chi connectivity index (χ1) is 14.8. The van der Waals surface area contributed by atoms with Crippen molar-refractivity contribution in [2.75, 3.05) is 6.54 Å². The number of carbonyl (C=O) groups excluding carboxylic acids is 1. The summed E-state index contributed by atoms with van der Waals surface area (Å²) in [5, 5.41) is 8.25. The van der Waals surface area contributed by atoms with Gasteiger partial charge in [-0.05, 0) is 30.7 Å². The van der Waals surface area contributed by atoms with E-state index < -0.39 is 23.3 Å². The maximum absolute atomic E-state index is 13.8. The molecule has 3 aromatic heterocycles. The average molecular weight is 429 g/mol. The lowest BCUT2D eigenvalue weighted by Gasteiger charge is -2.26. The summed E-state index contributed by atoms with van der Waals surface area (Å²) in [6.45, 7) is 0.519. The fourth-order valence-corrected chi connectivity index (χ4v) is 4.01. The Labute approximate surface area is 173 Å². The van der Waals surface area contributed by atoms with Crippen LogP contribution >= 0.6 is 0 Å². The first-order valence-electron chi connectivity index (χ1n) is 9.45. The Morgan fingerprint density at radius 3 is 2.55 bits per heavy atom. The van der Waals surface area contributed by atoms with Crippen molar-refractivity contribution in [2.45, 2.75) is 13.0 Å². The highest BCUT2D eigenvalue weighted by molar-refractivity contribution is 5.95. The van der Waals surface area contributed by atoms with Gasteiger partial charge in [-0.15, -0.1) is 0 Å². The zero-order valence-electron chi connectivity index (χ0n) is 16.2. The Hall–Kier alpha value is -3.69. The number of benzene rings is 1. The van der Waals surface area contributed by atoms with Crippen molar-refractivity contribution < 1.29 is 22.4 Å². The van der Waals surface area contributed by atoms with Gasteiger partial charge in [0, 0.05) is 36.5 Å². The number of amides is 1. The Morgan fingerprint density at radius 2 is 1.81 bits per heavy atom. The average Bonchev–Trinajstić information content (AvgIpc) is 3.29. The van der Waals surface area contributed by atoms with Crippen molar-refractivity contribution in [2.24, 2.45) is 7.05 Å². The first kappa shape index (κ1) is 19.3. The fourth-order valence-electron chi connectivity index (χ4n) is 4.01. The van der Waals surface area contributed by atoms with Crippen LogP contribution in [-0.4, -0.2) is 36.7 Å². The van der Waals surface area contributed by atoms with E-state index in [1.807, 2.05) is 0 Å². The van der Waals surface area contributed by atoms with Crippen LogP contribution in [0.4, 0.5) is 17.6 Å². The van der Waals surface area contributed by atoms with Crippen molar-refractivity contribution in [3.05, 3.63) is 76.7 Å². The number of carbonyl (C=O) groups is 1. The second-order valence-electron chi connectivity index (χ2n) is 7.37. The molecule has 0 radical (unpaired) electrons. The molecule has 0 atom stereocenters. The van der Waals surface area contributed by atoms with E-state index in [4.69, 9.17) is 0 Å². The van der Waals surface area contributed by atoms with Crippen LogP contribution in [0.5, 0.6) is 0 Å². The minimum absolute atomic E-state index is 0.175. The fraction of sp³-hybridized carbons (Fsp3) is 0.190. The molecule has 6 nitrogen and oxygen atoms in total. The molecular formula is C21H15F4N5O. The second kappa shape index (κ2) is 6.93. The third kappa shape index (κ3) is 3.06. The number of aryl methyl sites for hydroxylation is 1. The molecule has 0 fully saturated rings. The Morgan fingerprint density at radius 1 is 1.06 bits per heavy atom. The van der Waals surface area contributed by atoms with E-state index in [0.29, 0.717) is 29.9 Å². The second-order valence-corrected chi connectivity index (χ2v) is 7.37. The van der Waals surface area contributed by atoms with E-state index in [9.17, 15) is 22.4 Å². The van der Waals surface area contributed by atoms with Crippen molar-refractivity contribution in [1.29, 1.82) is 0 Å². The highest BCUT2D eigenvalue weighted by Crippen LogP contribution is 2.32. The third-order valence-electron chi connectivity index (χ3n) is 5.47. The summed E-state index contributed by atoms with van der Waals surface area (Å²) in [6, 6.07) is 4.87. The topological polar surface area (TPSA) is 55.4 Å². The van der Waals surface area contributed by atoms with E-state index in [1.165, 1.54) is 21.5 Å². The van der Waals surface area contributed by atoms with E-state index in [1.54, 1.807) is 18.0 Å². The first-order valence-corrected chi connectivity index (χ1v) is 9.45. The van der Waals surface area contributed by atoms with Crippen LogP contribution in [0.2, 0.25) is 0 Å². The Bertz CT molecular complexity index is 1340. The van der Waals surface area contributed by atoms with E-state index >= 15 is 0 Å². The zero-order chi connectivity index (χ0) is 21.9. The van der Waals surface area contributed by atoms with Gasteiger partial charge in [0.05, 0.1) is 24.1 Å². The molecule has 0 bridgehead atoms. The largest absolute Gasteiger partial charge is 0.332 e. The standard InChI is InChI=1S/C21H15F4N5O/c1-28-20(12-6-14(22)19(25)15(23)7-12)13-3-4-29(10-17(13)27-28)21(31)11-2-5-30-18(8-11)16(24)9-26-30/h2,5-9H,3-4,10H2,1H3. The van der Waals surface area contributed by atoms with Crippen LogP contribution in [0.15, 0.2) is 36.7 Å². The summed E-state index contributed by atoms with van der Waals surface area (Å²) < 4.78 is 57.5. The predicted octanol–water partition coefficient (Wildman–Crippen LogP) is 3.49. The SMILES string of the molecule is Cn1nc2c(c1-c1cc(F)c(F)c(F)c1)CCN(C(=O)c1ccn3ncc(F)c3c1)C2. The summed E-state index contributed by atoms with van der Waals surface area (Å²) in [5.41, 5.74) is 2.49. The summed E-state index contributed by atoms with van der Waals surface area (Å²) in [7, 11) is 1.62. The summed E-state index contributed by atoms with van der Waals surface area (Å²) in [5.74, 6) is -4.90. The molecule has 4 heterocycles. The quantitative estimate of drug-likeness (QED) is 0.362. The number of fused-ring (bicyclic) bond motifs is 2. The molecule has 1 amide bonds. The monoisotopic (exact) mass is 429 g/mol. The number of rotatable bonds is 2. The number of halogens is 4. The highest BCUT2D eigenvalue weighted by atomic mass is 19.2. The van der Waals surface area contributed by atoms with E-state index in [0.717, 1.165) is 23.9 Å². The van der Waals surface area contributed by atoms with Gasteiger partial charge in [-0.3, -0.25) is 9.48 Å². The normalized spacial score (nSPS) is 13.6. The van der Waals surface area contributed by atoms with Gasteiger partial charge in [-0.1, -0.05) is 0 Å². The number of hydrogen-bond acceptors (Lipinski definition) is 3. The molecule has 1 aliphatic heterocycles. The van der Waals surface area contributed by atoms with Gasteiger partial charge in [-0.25, -0.2) is 22.1 Å². The molecule has 0 saturated heterocycles. The molecule has 0 spiro atoms. The molecule has 0 saturated carbocycles. The van der Waals surface area contributed by atoms with Crippen LogP contribution in [0.25, 0.3) is 16.8 Å². The van der Waals surface area contributed by atoms with Gasteiger partial charge in [-0.2, -0.15) is 10.2 Å². The van der Waals surface area contributed by atoms with Crippen molar-refractivity contribution in [3.8, 4) is 11.3 Å². The van der Waals surface area contributed by atoms with Crippen molar-refractivity contribution >= 4 is 11.4 Å². The van der Waals surface area contributed by atoms with Crippen LogP contribution in [0, 0.1) is 23.3 Å². The van der Waals surface area contributed by atoms with Gasteiger partial charge in [0.2, 0.25) is 0 Å². The van der Waals surface area contributed by atoms with Crippen LogP contribution in [-0.2, 0) is 20.0 Å². The molecular weight excluding hydrogens is 414 g/mol. The van der Waals surface area contributed by atoms with E-state index in [2.05, 4.69) is 10.2 Å². The Balaban J connectivity index is 1.47. The summed E-state index contributed by atoms with van der Waals surface area (Å²) >= 11 is 0. The highest BCUT2D eigenvalue weighted by Gasteiger charge is 2.28. The van der Waals surface area contributed by atoms with Crippen LogP contribution < -0.4 is 0 Å². The van der Waals surface area contributed by atoms with E-state index in [-0.39, 0.29) is 23.5 Å². The minimum atomic E-state index is -1.52. The molecule has 0 N–H and O–H groups in total. The van der Waals surface area contributed by atoms with Crippen molar-refractivity contribution in [1.82, 2.24) is 24.3 Å². The van der Waals surface area contributed by atoms with Gasteiger partial charge in [0.25, 0.3) is 5.91 Å². The van der Waals surface area contributed by atoms with Gasteiger partial charge in [0.15, 0.2) is 23.3 Å². The molecule has 1 aliphatic rings. The number of pyridine rings is 1. The van der Waals surface area contributed by atoms with Crippen LogP contribution in [0.1, 0.15) is 21.6 Å². The molecule has 10 heteroatoms. The molecule has 1 aromatic carbocycles. The predicted molar refractivity (Wildman–Crippen MR) is 102 cm³/mol. The van der Waals surface area contributed by atoms with Gasteiger partial charge < -0.3 is 4.90 Å². The van der Waals surface area contributed by atoms with Crippen LogP contribution in [0.3, 0.4) is 0 Å². The number of nitrogens with zero attached hydrogens (tertiary/aromatic N) is 5. The minimum Gasteiger partial charge on any atom is -0.332 e. The van der Waals surface area contributed by atoms with Gasteiger partial charge in [0.1, 0.15) is 5.52 Å². The lowest BCUT2D eigenvalue weighted by molar-refractivity contribution is 0.0732. The molecule has 4 aromatic rings. The third-order valence-corrected chi connectivity index (χ3v) is 5.47. The zero-order valence-corrected chi connectivity index (χ0v) is 16.2. The van der Waals surface area contributed by atoms with Crippen molar-refractivity contribution in [3.63, 3.8) is 0 Å². The lowest BCUT2D eigenvalue weighted by atomic mass is 9.99. The Kier molecular flexibility index (Phi) is 4.31. The maximum Gasteiger partial charge on any atom is 0.254 e. The number of hydrogen-bond donors (Lipinski definition) is 0. The summed E-state index contributed by atoms with van der Waals surface area (Å²) in [4.78, 5) is 14.5. The summed E-state index contributed by atoms with van der Waals surface area (Å²) in [6.07, 6.45) is 2.99. The molecule has 158 valence electrons. The molecule has 5 rings (SSSR count). The maximum atomic E-state index is 13.8. The molecule has 31 heavy (non-hydrogen) atoms.